The first-order valence-electron chi connectivity index (χ1n) is 5.23. The number of methoxy groups -OCH3 is 2. The van der Waals surface area contributed by atoms with E-state index in [1.807, 2.05) is 0 Å². The quantitative estimate of drug-likeness (QED) is 0.677. The Labute approximate surface area is 103 Å². The van der Waals surface area contributed by atoms with Crippen molar-refractivity contribution in [1.29, 1.82) is 0 Å². The van der Waals surface area contributed by atoms with Gasteiger partial charge < -0.3 is 9.47 Å². The highest BCUT2D eigenvalue weighted by Gasteiger charge is 2.23. The molecule has 1 aliphatic heterocycles. The summed E-state index contributed by atoms with van der Waals surface area (Å²) in [7, 11) is 2.58. The van der Waals surface area contributed by atoms with Gasteiger partial charge in [-0.05, 0) is 6.07 Å². The van der Waals surface area contributed by atoms with E-state index in [4.69, 9.17) is 0 Å². The van der Waals surface area contributed by atoms with Crippen molar-refractivity contribution in [1.82, 2.24) is 9.89 Å². The van der Waals surface area contributed by atoms with Gasteiger partial charge in [-0.1, -0.05) is 0 Å². The molecule has 96 valence electrons. The van der Waals surface area contributed by atoms with Gasteiger partial charge in [0.2, 0.25) is 0 Å². The van der Waals surface area contributed by atoms with Crippen molar-refractivity contribution in [2.45, 2.75) is 6.42 Å². The van der Waals surface area contributed by atoms with E-state index < -0.39 is 11.9 Å². The fraction of sp³-hybridized carbons (Fsp3) is 0.400. The summed E-state index contributed by atoms with van der Waals surface area (Å²) in [6, 6.07) is 1.51. The van der Waals surface area contributed by atoms with Gasteiger partial charge in [0.1, 0.15) is 5.71 Å². The van der Waals surface area contributed by atoms with E-state index in [1.54, 1.807) is 6.20 Å². The van der Waals surface area contributed by atoms with Crippen LogP contribution in [-0.4, -0.2) is 48.3 Å². The van der Waals surface area contributed by atoms with Crippen molar-refractivity contribution in [3.63, 3.8) is 0 Å². The Morgan fingerprint density at radius 2 is 2.00 bits per heavy atom. The number of rotatable bonds is 3. The third kappa shape index (κ3) is 2.17. The summed E-state index contributed by atoms with van der Waals surface area (Å²) in [6.07, 6.45) is 2.04. The smallest absolute Gasteiger partial charge is 0.358 e. The van der Waals surface area contributed by atoms with Crippen molar-refractivity contribution in [2.24, 2.45) is 5.10 Å². The maximum absolute atomic E-state index is 11.3. The number of hydrogen-bond acceptors (Lipinski definition) is 7. The molecule has 2 heterocycles. The van der Waals surface area contributed by atoms with Crippen LogP contribution in [-0.2, 0) is 14.3 Å². The Kier molecular flexibility index (Phi) is 3.26. The van der Waals surface area contributed by atoms with E-state index in [9.17, 15) is 9.59 Å². The Hall–Kier alpha value is -2.38. The van der Waals surface area contributed by atoms with E-state index in [0.29, 0.717) is 18.7 Å². The number of ether oxygens (including phenoxy) is 2. The Balaban J connectivity index is 2.14. The molecule has 8 heteroatoms. The SMILES string of the molecule is COC(=O)C1=NN(n2ccc(C(=O)OC)n2)CC1. The maximum atomic E-state index is 11.3. The fourth-order valence-electron chi connectivity index (χ4n) is 1.51. The van der Waals surface area contributed by atoms with Crippen LogP contribution in [0.3, 0.4) is 0 Å². The van der Waals surface area contributed by atoms with Gasteiger partial charge in [-0.3, -0.25) is 0 Å². The number of carbonyl (C=O) groups is 2. The van der Waals surface area contributed by atoms with Crippen LogP contribution in [0.15, 0.2) is 17.4 Å². The standard InChI is InChI=1S/C10H12N4O4/c1-17-9(15)7-3-5-13(11-7)14-6-4-8(12-14)10(16)18-2/h3,5H,4,6H2,1-2H3. The monoisotopic (exact) mass is 252 g/mol. The van der Waals surface area contributed by atoms with Gasteiger partial charge in [-0.2, -0.15) is 15.0 Å². The Morgan fingerprint density at radius 1 is 1.28 bits per heavy atom. The zero-order valence-corrected chi connectivity index (χ0v) is 9.99. The number of nitrogens with zero attached hydrogens (tertiary/aromatic N) is 4. The van der Waals surface area contributed by atoms with Gasteiger partial charge in [0.25, 0.3) is 0 Å². The third-order valence-corrected chi connectivity index (χ3v) is 2.41. The van der Waals surface area contributed by atoms with Gasteiger partial charge in [-0.25, -0.2) is 9.59 Å². The summed E-state index contributed by atoms with van der Waals surface area (Å²) in [6.45, 7) is 0.493. The van der Waals surface area contributed by atoms with E-state index in [1.165, 1.54) is 30.2 Å². The first-order valence-corrected chi connectivity index (χ1v) is 5.23. The number of carbonyl (C=O) groups excluding carboxylic acids is 2. The Morgan fingerprint density at radius 3 is 2.67 bits per heavy atom. The zero-order chi connectivity index (χ0) is 13.1. The second-order valence-electron chi connectivity index (χ2n) is 3.50. The molecule has 1 aliphatic rings. The first kappa shape index (κ1) is 12.1. The molecule has 0 fully saturated rings. The number of esters is 2. The van der Waals surface area contributed by atoms with Crippen molar-refractivity contribution in [3.8, 4) is 0 Å². The van der Waals surface area contributed by atoms with Gasteiger partial charge in [0.05, 0.1) is 27.0 Å². The van der Waals surface area contributed by atoms with E-state index in [-0.39, 0.29) is 5.69 Å². The van der Waals surface area contributed by atoms with Crippen molar-refractivity contribution in [2.75, 3.05) is 25.9 Å². The van der Waals surface area contributed by atoms with Crippen LogP contribution in [0.4, 0.5) is 0 Å². The van der Waals surface area contributed by atoms with Gasteiger partial charge >= 0.3 is 11.9 Å². The lowest BCUT2D eigenvalue weighted by Gasteiger charge is -2.11. The molecule has 8 nitrogen and oxygen atoms in total. The van der Waals surface area contributed by atoms with Crippen molar-refractivity contribution < 1.29 is 19.1 Å². The first-order chi connectivity index (χ1) is 8.65. The molecule has 1 aromatic heterocycles. The van der Waals surface area contributed by atoms with Crippen LogP contribution in [0.1, 0.15) is 16.9 Å². The number of hydrogen-bond donors (Lipinski definition) is 0. The highest BCUT2D eigenvalue weighted by atomic mass is 16.5. The van der Waals surface area contributed by atoms with Crippen LogP contribution in [0.2, 0.25) is 0 Å². The maximum Gasteiger partial charge on any atom is 0.358 e. The minimum absolute atomic E-state index is 0.180. The summed E-state index contributed by atoms with van der Waals surface area (Å²) in [5, 5.41) is 9.51. The lowest BCUT2D eigenvalue weighted by Crippen LogP contribution is -2.27. The van der Waals surface area contributed by atoms with Crippen molar-refractivity contribution >= 4 is 17.7 Å². The molecular formula is C10H12N4O4. The highest BCUT2D eigenvalue weighted by molar-refractivity contribution is 6.37. The molecular weight excluding hydrogens is 240 g/mol. The topological polar surface area (TPSA) is 86.0 Å². The minimum Gasteiger partial charge on any atom is -0.464 e. The number of aromatic nitrogens is 2. The molecule has 0 spiro atoms. The molecule has 0 atom stereocenters. The average molecular weight is 252 g/mol. The molecule has 0 saturated heterocycles. The fourth-order valence-corrected chi connectivity index (χ4v) is 1.51. The summed E-state index contributed by atoms with van der Waals surface area (Å²) < 4.78 is 9.12. The zero-order valence-electron chi connectivity index (χ0n) is 9.99. The molecule has 0 amide bonds. The molecule has 0 aliphatic carbocycles. The van der Waals surface area contributed by atoms with E-state index >= 15 is 0 Å². The highest BCUT2D eigenvalue weighted by Crippen LogP contribution is 2.07. The molecule has 18 heavy (non-hydrogen) atoms. The average Bonchev–Trinajstić information content (AvgIpc) is 3.04. The summed E-state index contributed by atoms with van der Waals surface area (Å²) in [4.78, 5) is 23.9. The van der Waals surface area contributed by atoms with Crippen LogP contribution < -0.4 is 5.12 Å². The van der Waals surface area contributed by atoms with Gasteiger partial charge in [0, 0.05) is 6.42 Å². The molecule has 0 bridgehead atoms. The molecule has 0 unspecified atom stereocenters. The summed E-state index contributed by atoms with van der Waals surface area (Å²) in [5.41, 5.74) is 0.506. The largest absolute Gasteiger partial charge is 0.464 e. The van der Waals surface area contributed by atoms with Crippen LogP contribution in [0.5, 0.6) is 0 Å². The lowest BCUT2D eigenvalue weighted by atomic mass is 10.3. The van der Waals surface area contributed by atoms with Crippen LogP contribution >= 0.6 is 0 Å². The molecule has 0 saturated carbocycles. The normalized spacial score (nSPS) is 14.3. The van der Waals surface area contributed by atoms with Crippen LogP contribution in [0.25, 0.3) is 0 Å². The summed E-state index contributed by atoms with van der Waals surface area (Å²) >= 11 is 0. The molecule has 2 rings (SSSR count). The lowest BCUT2D eigenvalue weighted by molar-refractivity contribution is -0.132. The predicted molar refractivity (Wildman–Crippen MR) is 60.7 cm³/mol. The molecule has 0 N–H and O–H groups in total. The predicted octanol–water partition coefficient (Wildman–Crippen LogP) is -0.460. The Bertz CT molecular complexity index is 508. The number of hydrazone groups is 1. The van der Waals surface area contributed by atoms with Gasteiger partial charge in [0.15, 0.2) is 5.69 Å². The third-order valence-electron chi connectivity index (χ3n) is 2.41. The molecule has 1 aromatic rings. The van der Waals surface area contributed by atoms with E-state index in [2.05, 4.69) is 19.7 Å². The molecule has 0 radical (unpaired) electrons. The van der Waals surface area contributed by atoms with Crippen LogP contribution in [0, 0.1) is 0 Å². The van der Waals surface area contributed by atoms with E-state index in [0.717, 1.165) is 0 Å². The second-order valence-corrected chi connectivity index (χ2v) is 3.50. The molecule has 0 aromatic carbocycles. The van der Waals surface area contributed by atoms with Crippen molar-refractivity contribution in [3.05, 3.63) is 18.0 Å². The van der Waals surface area contributed by atoms with Gasteiger partial charge in [-0.15, -0.1) is 5.10 Å². The summed E-state index contributed by atoms with van der Waals surface area (Å²) in [5.74, 6) is -0.983. The second kappa shape index (κ2) is 4.86. The minimum atomic E-state index is -0.523.